The van der Waals surface area contributed by atoms with Gasteiger partial charge < -0.3 is 16.4 Å². The van der Waals surface area contributed by atoms with E-state index >= 15 is 0 Å². The van der Waals surface area contributed by atoms with Gasteiger partial charge in [0, 0.05) is 12.6 Å². The van der Waals surface area contributed by atoms with Crippen LogP contribution in [0.25, 0.3) is 0 Å². The first-order valence-corrected chi connectivity index (χ1v) is 6.94. The molecule has 0 aliphatic rings. The molecule has 0 aliphatic heterocycles. The number of primary amides is 1. The minimum Gasteiger partial charge on any atom is -0.370 e. The number of unbranched alkanes of at least 4 members (excludes halogenated alkanes) is 1. The molecule has 5 heteroatoms. The van der Waals surface area contributed by atoms with Gasteiger partial charge in [0.1, 0.15) is 0 Å². The molecule has 110 valence electrons. The monoisotopic (exact) mass is 269 g/mol. The van der Waals surface area contributed by atoms with Crippen LogP contribution in [0.1, 0.15) is 46.5 Å². The van der Waals surface area contributed by atoms with E-state index in [-0.39, 0.29) is 18.4 Å². The summed E-state index contributed by atoms with van der Waals surface area (Å²) in [6, 6.07) is -0.411. The molecule has 0 spiro atoms. The summed E-state index contributed by atoms with van der Waals surface area (Å²) < 4.78 is 0. The number of amides is 2. The van der Waals surface area contributed by atoms with Crippen molar-refractivity contribution in [1.82, 2.24) is 10.6 Å². The van der Waals surface area contributed by atoms with Crippen LogP contribution in [0.3, 0.4) is 0 Å². The highest BCUT2D eigenvalue weighted by molar-refractivity contribution is 5.87. The molecule has 1 unspecified atom stereocenters. The number of carbonyl (C=O) groups is 2. The van der Waals surface area contributed by atoms with Gasteiger partial charge in [-0.05, 0) is 19.3 Å². The Morgan fingerprint density at radius 3 is 2.47 bits per heavy atom. The van der Waals surface area contributed by atoms with Crippen LogP contribution in [0.4, 0.5) is 0 Å². The van der Waals surface area contributed by atoms with Crippen molar-refractivity contribution >= 4 is 11.8 Å². The van der Waals surface area contributed by atoms with Crippen LogP contribution in [-0.4, -0.2) is 30.4 Å². The second kappa shape index (κ2) is 10.6. The number of rotatable bonds is 10. The molecule has 5 nitrogen and oxygen atoms in total. The van der Waals surface area contributed by atoms with E-state index in [1.807, 2.05) is 13.8 Å². The Morgan fingerprint density at radius 2 is 1.95 bits per heavy atom. The molecule has 0 aromatic rings. The molecule has 0 aromatic carbocycles. The van der Waals surface area contributed by atoms with Crippen molar-refractivity contribution in [2.75, 3.05) is 6.54 Å². The van der Waals surface area contributed by atoms with Gasteiger partial charge >= 0.3 is 0 Å². The van der Waals surface area contributed by atoms with Crippen LogP contribution < -0.4 is 16.4 Å². The number of nitrogens with two attached hydrogens (primary N) is 1. The lowest BCUT2D eigenvalue weighted by Gasteiger charge is -2.19. The highest BCUT2D eigenvalue weighted by Crippen LogP contribution is 1.96. The second-order valence-corrected chi connectivity index (χ2v) is 4.86. The maximum Gasteiger partial charge on any atom is 0.237 e. The van der Waals surface area contributed by atoms with E-state index in [2.05, 4.69) is 29.7 Å². The van der Waals surface area contributed by atoms with Gasteiger partial charge in [-0.25, -0.2) is 0 Å². The Morgan fingerprint density at radius 1 is 1.26 bits per heavy atom. The summed E-state index contributed by atoms with van der Waals surface area (Å²) in [5.74, 6) is -0.633. The Balaban J connectivity index is 4.03. The number of carbonyl (C=O) groups excluding carboxylic acids is 2. The van der Waals surface area contributed by atoms with Gasteiger partial charge in [0.25, 0.3) is 0 Å². The average Bonchev–Trinajstić information content (AvgIpc) is 2.31. The van der Waals surface area contributed by atoms with Gasteiger partial charge in [-0.2, -0.15) is 0 Å². The fraction of sp³-hybridized carbons (Fsp3) is 0.714. The van der Waals surface area contributed by atoms with Crippen LogP contribution in [-0.2, 0) is 9.59 Å². The quantitative estimate of drug-likeness (QED) is 0.410. The Bertz CT molecular complexity index is 301. The molecule has 0 saturated carbocycles. The topological polar surface area (TPSA) is 84.2 Å². The predicted octanol–water partition coefficient (Wildman–Crippen LogP) is 1.09. The zero-order valence-corrected chi connectivity index (χ0v) is 12.2. The first kappa shape index (κ1) is 17.6. The van der Waals surface area contributed by atoms with E-state index in [9.17, 15) is 9.59 Å². The summed E-state index contributed by atoms with van der Waals surface area (Å²) in [7, 11) is 0. The van der Waals surface area contributed by atoms with E-state index in [0.717, 1.165) is 19.3 Å². The van der Waals surface area contributed by atoms with Crippen LogP contribution in [0.2, 0.25) is 0 Å². The third-order valence-electron chi connectivity index (χ3n) is 2.51. The lowest BCUT2D eigenvalue weighted by atomic mass is 10.1. The molecular formula is C14H27N3O2. The lowest BCUT2D eigenvalue weighted by Crippen LogP contribution is -2.48. The molecule has 0 saturated heterocycles. The van der Waals surface area contributed by atoms with Crippen molar-refractivity contribution < 1.29 is 9.59 Å². The van der Waals surface area contributed by atoms with Gasteiger partial charge in [0.05, 0.1) is 12.5 Å². The minimum absolute atomic E-state index is 0.0275. The van der Waals surface area contributed by atoms with E-state index in [0.29, 0.717) is 6.54 Å². The molecule has 4 N–H and O–H groups in total. The third-order valence-corrected chi connectivity index (χ3v) is 2.51. The van der Waals surface area contributed by atoms with Crippen LogP contribution >= 0.6 is 0 Å². The van der Waals surface area contributed by atoms with Gasteiger partial charge in [-0.1, -0.05) is 32.9 Å². The second-order valence-electron chi connectivity index (χ2n) is 4.86. The smallest absolute Gasteiger partial charge is 0.237 e. The van der Waals surface area contributed by atoms with Gasteiger partial charge in [0.15, 0.2) is 0 Å². The van der Waals surface area contributed by atoms with Gasteiger partial charge in [-0.15, -0.1) is 0 Å². The van der Waals surface area contributed by atoms with Crippen molar-refractivity contribution in [3.63, 3.8) is 0 Å². The van der Waals surface area contributed by atoms with E-state index in [1.54, 1.807) is 0 Å². The largest absolute Gasteiger partial charge is 0.370 e. The Hall–Kier alpha value is -1.36. The molecule has 2 amide bonds. The van der Waals surface area contributed by atoms with Gasteiger partial charge in [0.2, 0.25) is 11.8 Å². The van der Waals surface area contributed by atoms with Crippen molar-refractivity contribution in [3.05, 3.63) is 12.2 Å². The zero-order valence-electron chi connectivity index (χ0n) is 12.2. The summed E-state index contributed by atoms with van der Waals surface area (Å²) in [6.07, 6.45) is 7.13. The molecule has 0 aromatic heterocycles. The molecule has 0 aliphatic carbocycles. The number of hydrogen-bond donors (Lipinski definition) is 3. The van der Waals surface area contributed by atoms with Crippen LogP contribution in [0, 0.1) is 0 Å². The normalized spacial score (nSPS) is 12.8. The fourth-order valence-corrected chi connectivity index (χ4v) is 1.67. The molecular weight excluding hydrogens is 242 g/mol. The molecule has 19 heavy (non-hydrogen) atoms. The molecule has 0 heterocycles. The van der Waals surface area contributed by atoms with Crippen molar-refractivity contribution in [2.45, 2.75) is 58.5 Å². The summed E-state index contributed by atoms with van der Waals surface area (Å²) in [4.78, 5) is 22.8. The van der Waals surface area contributed by atoms with E-state index < -0.39 is 11.9 Å². The van der Waals surface area contributed by atoms with Gasteiger partial charge in [-0.3, -0.25) is 9.59 Å². The highest BCUT2D eigenvalue weighted by Gasteiger charge is 2.20. The Labute approximate surface area is 116 Å². The standard InChI is InChI=1S/C14H27N3O2/c1-4-5-6-7-8-9-16-14(19)12(10-13(15)18)17-11(2)3/h5-6,11-12,17H,4,7-10H2,1-3H3,(H2,15,18)(H,16,19)/b6-5-. The maximum atomic E-state index is 11.9. The van der Waals surface area contributed by atoms with Crippen LogP contribution in [0.5, 0.6) is 0 Å². The maximum absolute atomic E-state index is 11.9. The first-order chi connectivity index (χ1) is 8.97. The van der Waals surface area contributed by atoms with Crippen molar-refractivity contribution in [2.24, 2.45) is 5.73 Å². The number of hydrogen-bond acceptors (Lipinski definition) is 3. The highest BCUT2D eigenvalue weighted by atomic mass is 16.2. The molecule has 0 fully saturated rings. The summed E-state index contributed by atoms with van der Waals surface area (Å²) in [6.45, 7) is 6.56. The molecule has 1 atom stereocenters. The third kappa shape index (κ3) is 10.3. The summed E-state index contributed by atoms with van der Waals surface area (Å²) >= 11 is 0. The minimum atomic E-state index is -0.538. The lowest BCUT2D eigenvalue weighted by molar-refractivity contribution is -0.127. The molecule has 0 rings (SSSR count). The van der Waals surface area contributed by atoms with Crippen molar-refractivity contribution in [3.8, 4) is 0 Å². The van der Waals surface area contributed by atoms with E-state index in [4.69, 9.17) is 5.73 Å². The average molecular weight is 269 g/mol. The first-order valence-electron chi connectivity index (χ1n) is 6.94. The SMILES string of the molecule is CC/C=C\CCCNC(=O)C(CC(N)=O)NC(C)C. The predicted molar refractivity (Wildman–Crippen MR) is 77.5 cm³/mol. The number of nitrogens with one attached hydrogen (secondary N) is 2. The fourth-order valence-electron chi connectivity index (χ4n) is 1.67. The summed E-state index contributed by atoms with van der Waals surface area (Å²) in [5, 5.41) is 5.87. The van der Waals surface area contributed by atoms with E-state index in [1.165, 1.54) is 0 Å². The number of allylic oxidation sites excluding steroid dienone is 2. The van der Waals surface area contributed by atoms with Crippen LogP contribution in [0.15, 0.2) is 12.2 Å². The summed E-state index contributed by atoms with van der Waals surface area (Å²) in [5.41, 5.74) is 5.15. The Kier molecular flexibility index (Phi) is 9.80. The molecule has 0 bridgehead atoms. The zero-order chi connectivity index (χ0) is 14.7. The van der Waals surface area contributed by atoms with Crippen molar-refractivity contribution in [1.29, 1.82) is 0 Å². The molecule has 0 radical (unpaired) electrons.